The van der Waals surface area contributed by atoms with E-state index in [-0.39, 0.29) is 11.5 Å². The van der Waals surface area contributed by atoms with E-state index in [4.69, 9.17) is 5.84 Å². The van der Waals surface area contributed by atoms with E-state index in [1.165, 1.54) is 17.8 Å². The summed E-state index contributed by atoms with van der Waals surface area (Å²) in [5, 5.41) is 13.4. The van der Waals surface area contributed by atoms with Gasteiger partial charge in [-0.05, 0) is 61.7 Å². The Morgan fingerprint density at radius 1 is 1.19 bits per heavy atom. The fraction of sp³-hybridized carbons (Fsp3) is 0.300. The number of nitrogens with zero attached hydrogens (tertiary/aromatic N) is 3. The summed E-state index contributed by atoms with van der Waals surface area (Å²) >= 11 is 0. The fourth-order valence-electron chi connectivity index (χ4n) is 3.25. The molecule has 0 aliphatic carbocycles. The molecule has 1 fully saturated rings. The monoisotopic (exact) mass is 354 g/mol. The summed E-state index contributed by atoms with van der Waals surface area (Å²) in [6.45, 7) is 2.40. The summed E-state index contributed by atoms with van der Waals surface area (Å²) in [5.41, 5.74) is 2.07. The van der Waals surface area contributed by atoms with Gasteiger partial charge in [-0.1, -0.05) is 24.3 Å². The summed E-state index contributed by atoms with van der Waals surface area (Å²) in [7, 11) is 0. The van der Waals surface area contributed by atoms with Gasteiger partial charge in [0.2, 0.25) is 0 Å². The third-order valence-corrected chi connectivity index (χ3v) is 4.69. The van der Waals surface area contributed by atoms with Gasteiger partial charge in [0.25, 0.3) is 0 Å². The molecule has 2 aromatic rings. The van der Waals surface area contributed by atoms with Gasteiger partial charge in [-0.2, -0.15) is 5.10 Å². The van der Waals surface area contributed by atoms with Crippen LogP contribution in [0.2, 0.25) is 0 Å². The topological polar surface area (TPSA) is 74.2 Å². The number of piperidine rings is 1. The zero-order valence-corrected chi connectivity index (χ0v) is 14.6. The molecular weight excluding hydrogens is 331 g/mol. The molecule has 3 N–H and O–H groups in total. The number of aliphatic imine (C=N–C) groups is 1. The Hall–Kier alpha value is -2.73. The van der Waals surface area contributed by atoms with Crippen LogP contribution < -0.4 is 5.84 Å². The van der Waals surface area contributed by atoms with Crippen LogP contribution in [0.4, 0.5) is 10.1 Å². The third-order valence-electron chi connectivity index (χ3n) is 4.69. The molecule has 2 aromatic carbocycles. The quantitative estimate of drug-likeness (QED) is 0.491. The molecule has 0 saturated carbocycles. The molecule has 0 amide bonds. The molecule has 1 aliphatic heterocycles. The van der Waals surface area contributed by atoms with E-state index in [1.54, 1.807) is 24.3 Å². The molecule has 0 atom stereocenters. The smallest absolute Gasteiger partial charge is 0.148 e. The van der Waals surface area contributed by atoms with Gasteiger partial charge in [0, 0.05) is 6.54 Å². The first kappa shape index (κ1) is 18.1. The average molecular weight is 354 g/mol. The SMILES string of the molecule is NN=C(C=Nc1ccccc1F)CN1CCC(c2cccc(O)c2)CC1. The van der Waals surface area contributed by atoms with Crippen molar-refractivity contribution in [2.24, 2.45) is 15.9 Å². The summed E-state index contributed by atoms with van der Waals surface area (Å²) in [6.07, 6.45) is 3.54. The standard InChI is InChI=1S/C20H23FN4O/c21-19-6-1-2-7-20(19)23-13-17(24-22)14-25-10-8-15(9-11-25)16-4-3-5-18(26)12-16/h1-7,12-13,15,26H,8-11,14,22H2. The predicted molar refractivity (Wildman–Crippen MR) is 103 cm³/mol. The zero-order chi connectivity index (χ0) is 18.4. The third kappa shape index (κ3) is 4.67. The lowest BCUT2D eigenvalue weighted by Crippen LogP contribution is -2.37. The van der Waals surface area contributed by atoms with E-state index in [0.717, 1.165) is 25.9 Å². The largest absolute Gasteiger partial charge is 0.508 e. The van der Waals surface area contributed by atoms with Crippen LogP contribution in [0.5, 0.6) is 5.75 Å². The van der Waals surface area contributed by atoms with E-state index >= 15 is 0 Å². The average Bonchev–Trinajstić information content (AvgIpc) is 2.67. The van der Waals surface area contributed by atoms with Crippen molar-refractivity contribution in [1.29, 1.82) is 0 Å². The fourth-order valence-corrected chi connectivity index (χ4v) is 3.25. The van der Waals surface area contributed by atoms with Crippen LogP contribution in [0.25, 0.3) is 0 Å². The number of phenolic OH excluding ortho intramolecular Hbond substituents is 1. The van der Waals surface area contributed by atoms with Crippen LogP contribution in [0.1, 0.15) is 24.3 Å². The highest BCUT2D eigenvalue weighted by Crippen LogP contribution is 2.29. The maximum atomic E-state index is 13.6. The van der Waals surface area contributed by atoms with Gasteiger partial charge in [0.05, 0.1) is 17.6 Å². The summed E-state index contributed by atoms with van der Waals surface area (Å²) in [5.74, 6) is 5.87. The maximum absolute atomic E-state index is 13.6. The molecule has 0 unspecified atom stereocenters. The lowest BCUT2D eigenvalue weighted by atomic mass is 9.89. The highest BCUT2D eigenvalue weighted by Gasteiger charge is 2.21. The van der Waals surface area contributed by atoms with Crippen LogP contribution in [-0.2, 0) is 0 Å². The van der Waals surface area contributed by atoms with Crippen molar-refractivity contribution in [1.82, 2.24) is 4.90 Å². The van der Waals surface area contributed by atoms with Crippen LogP contribution in [0, 0.1) is 5.82 Å². The van der Waals surface area contributed by atoms with E-state index < -0.39 is 0 Å². The molecule has 1 aliphatic rings. The number of hydrogen-bond donors (Lipinski definition) is 2. The van der Waals surface area contributed by atoms with Crippen molar-refractivity contribution in [2.45, 2.75) is 18.8 Å². The van der Waals surface area contributed by atoms with Gasteiger partial charge < -0.3 is 10.9 Å². The Bertz CT molecular complexity index is 798. The second-order valence-corrected chi connectivity index (χ2v) is 6.48. The molecule has 0 aromatic heterocycles. The molecule has 0 bridgehead atoms. The molecule has 1 saturated heterocycles. The van der Waals surface area contributed by atoms with Gasteiger partial charge in [0.15, 0.2) is 0 Å². The van der Waals surface area contributed by atoms with Gasteiger partial charge in [-0.15, -0.1) is 0 Å². The predicted octanol–water partition coefficient (Wildman–Crippen LogP) is 3.43. The first-order chi connectivity index (χ1) is 12.7. The molecule has 0 radical (unpaired) electrons. The van der Waals surface area contributed by atoms with Crippen LogP contribution in [0.15, 0.2) is 58.6 Å². The minimum atomic E-state index is -0.368. The number of aromatic hydroxyl groups is 1. The number of phenols is 1. The van der Waals surface area contributed by atoms with Crippen molar-refractivity contribution in [3.8, 4) is 5.75 Å². The van der Waals surface area contributed by atoms with Gasteiger partial charge >= 0.3 is 0 Å². The van der Waals surface area contributed by atoms with E-state index in [1.807, 2.05) is 12.1 Å². The van der Waals surface area contributed by atoms with Crippen molar-refractivity contribution in [2.75, 3.05) is 19.6 Å². The number of halogens is 1. The summed E-state index contributed by atoms with van der Waals surface area (Å²) in [4.78, 5) is 6.41. The number of benzene rings is 2. The zero-order valence-electron chi connectivity index (χ0n) is 14.6. The Kier molecular flexibility index (Phi) is 5.96. The number of rotatable bonds is 5. The Morgan fingerprint density at radius 3 is 2.65 bits per heavy atom. The van der Waals surface area contributed by atoms with Crippen molar-refractivity contribution < 1.29 is 9.50 Å². The van der Waals surface area contributed by atoms with Crippen LogP contribution in [0.3, 0.4) is 0 Å². The molecular formula is C20H23FN4O. The molecule has 3 rings (SSSR count). The van der Waals surface area contributed by atoms with Crippen molar-refractivity contribution >= 4 is 17.6 Å². The van der Waals surface area contributed by atoms with Crippen molar-refractivity contribution in [3.63, 3.8) is 0 Å². The summed E-state index contributed by atoms with van der Waals surface area (Å²) < 4.78 is 13.6. The van der Waals surface area contributed by atoms with Crippen LogP contribution >= 0.6 is 0 Å². The number of hydrogen-bond acceptors (Lipinski definition) is 5. The normalized spacial score (nSPS) is 17.0. The number of hydrazone groups is 1. The van der Waals surface area contributed by atoms with Crippen molar-refractivity contribution in [3.05, 3.63) is 59.9 Å². The molecule has 5 nitrogen and oxygen atoms in total. The maximum Gasteiger partial charge on any atom is 0.148 e. The molecule has 136 valence electrons. The van der Waals surface area contributed by atoms with Crippen LogP contribution in [-0.4, -0.2) is 41.6 Å². The lowest BCUT2D eigenvalue weighted by Gasteiger charge is -2.32. The molecule has 6 heteroatoms. The first-order valence-electron chi connectivity index (χ1n) is 8.72. The van der Waals surface area contributed by atoms with E-state index in [0.29, 0.717) is 23.9 Å². The Balaban J connectivity index is 1.55. The highest BCUT2D eigenvalue weighted by atomic mass is 19.1. The number of para-hydroxylation sites is 1. The first-order valence-corrected chi connectivity index (χ1v) is 8.72. The second kappa shape index (κ2) is 8.58. The van der Waals surface area contributed by atoms with E-state index in [9.17, 15) is 9.50 Å². The molecule has 26 heavy (non-hydrogen) atoms. The van der Waals surface area contributed by atoms with Gasteiger partial charge in [0.1, 0.15) is 11.6 Å². The second-order valence-electron chi connectivity index (χ2n) is 6.48. The summed E-state index contributed by atoms with van der Waals surface area (Å²) in [6, 6.07) is 13.8. The highest BCUT2D eigenvalue weighted by molar-refractivity contribution is 6.32. The van der Waals surface area contributed by atoms with Gasteiger partial charge in [-0.3, -0.25) is 9.89 Å². The minimum absolute atomic E-state index is 0.274. The number of likely N-dealkylation sites (tertiary alicyclic amines) is 1. The molecule has 0 spiro atoms. The number of nitrogens with two attached hydrogens (primary N) is 1. The molecule has 1 heterocycles. The van der Waals surface area contributed by atoms with E-state index in [2.05, 4.69) is 21.1 Å². The lowest BCUT2D eigenvalue weighted by molar-refractivity contribution is 0.239. The Labute approximate surface area is 152 Å². The Morgan fingerprint density at radius 2 is 1.96 bits per heavy atom. The van der Waals surface area contributed by atoms with Gasteiger partial charge in [-0.25, -0.2) is 4.39 Å². The minimum Gasteiger partial charge on any atom is -0.508 e.